The van der Waals surface area contributed by atoms with Gasteiger partial charge in [0.05, 0.1) is 5.02 Å². The lowest BCUT2D eigenvalue weighted by Crippen LogP contribution is -2.56. The Kier molecular flexibility index (Phi) is 8.63. The molecule has 3 rings (SSSR count). The molecule has 1 atom stereocenters. The predicted octanol–water partition coefficient (Wildman–Crippen LogP) is 3.60. The smallest absolute Gasteiger partial charge is 0.257 e. The van der Waals surface area contributed by atoms with Crippen LogP contribution in [0.4, 0.5) is 8.78 Å². The molecule has 9 heteroatoms. The molecule has 0 aliphatic carbocycles. The van der Waals surface area contributed by atoms with Gasteiger partial charge >= 0.3 is 0 Å². The van der Waals surface area contributed by atoms with E-state index in [4.69, 9.17) is 16.3 Å². The minimum atomic E-state index is -0.963. The molecule has 2 aromatic carbocycles. The summed E-state index contributed by atoms with van der Waals surface area (Å²) in [7, 11) is 0. The molecule has 2 amide bonds. The summed E-state index contributed by atoms with van der Waals surface area (Å²) in [6.45, 7) is 6.99. The van der Waals surface area contributed by atoms with E-state index in [2.05, 4.69) is 10.2 Å². The molecule has 0 saturated carbocycles. The number of nitrogens with zero attached hydrogens (tertiary/aromatic N) is 2. The molecule has 1 aliphatic rings. The molecule has 178 valence electrons. The Morgan fingerprint density at radius 2 is 1.67 bits per heavy atom. The van der Waals surface area contributed by atoms with Crippen molar-refractivity contribution in [2.75, 3.05) is 39.3 Å². The van der Waals surface area contributed by atoms with Crippen LogP contribution in [0.15, 0.2) is 42.5 Å². The molecule has 0 spiro atoms. The van der Waals surface area contributed by atoms with Gasteiger partial charge in [0.2, 0.25) is 5.91 Å². The number of hydrogen-bond donors (Lipinski definition) is 1. The van der Waals surface area contributed by atoms with Crippen LogP contribution in [-0.2, 0) is 4.79 Å². The van der Waals surface area contributed by atoms with Gasteiger partial charge in [-0.25, -0.2) is 8.78 Å². The Balaban J connectivity index is 1.52. The maximum absolute atomic E-state index is 14.0. The van der Waals surface area contributed by atoms with Crippen molar-refractivity contribution >= 4 is 23.4 Å². The molecule has 6 nitrogen and oxygen atoms in total. The summed E-state index contributed by atoms with van der Waals surface area (Å²) in [4.78, 5) is 29.4. The fourth-order valence-corrected chi connectivity index (χ4v) is 3.87. The Morgan fingerprint density at radius 3 is 2.27 bits per heavy atom. The molecule has 1 aliphatic heterocycles. The highest BCUT2D eigenvalue weighted by atomic mass is 35.5. The molecule has 0 bridgehead atoms. The minimum absolute atomic E-state index is 0.252. The summed E-state index contributed by atoms with van der Waals surface area (Å²) in [5.74, 6) is -2.74. The number of carbonyl (C=O) groups excluding carboxylic acids is 2. The quantitative estimate of drug-likeness (QED) is 0.628. The first-order valence-electron chi connectivity index (χ1n) is 10.9. The number of benzene rings is 2. The first-order valence-corrected chi connectivity index (χ1v) is 11.3. The largest absolute Gasteiger partial charge is 0.491 e. The van der Waals surface area contributed by atoms with Crippen LogP contribution in [0.25, 0.3) is 0 Å². The summed E-state index contributed by atoms with van der Waals surface area (Å²) in [6.07, 6.45) is 0. The van der Waals surface area contributed by atoms with Gasteiger partial charge in [-0.15, -0.1) is 0 Å². The van der Waals surface area contributed by atoms with Gasteiger partial charge in [-0.1, -0.05) is 43.6 Å². The number of nitrogens with one attached hydrogen (secondary N) is 1. The van der Waals surface area contributed by atoms with Crippen molar-refractivity contribution in [1.82, 2.24) is 15.1 Å². The maximum atomic E-state index is 14.0. The van der Waals surface area contributed by atoms with E-state index in [-0.39, 0.29) is 11.8 Å². The molecular weight excluding hydrogens is 452 g/mol. The zero-order valence-corrected chi connectivity index (χ0v) is 19.4. The van der Waals surface area contributed by atoms with Crippen LogP contribution < -0.4 is 10.1 Å². The van der Waals surface area contributed by atoms with E-state index in [1.54, 1.807) is 24.8 Å². The van der Waals surface area contributed by atoms with Gasteiger partial charge in [0, 0.05) is 32.7 Å². The number of carbonyl (C=O) groups is 2. The van der Waals surface area contributed by atoms with E-state index < -0.39 is 29.1 Å². The molecule has 33 heavy (non-hydrogen) atoms. The molecule has 2 aromatic rings. The maximum Gasteiger partial charge on any atom is 0.257 e. The lowest BCUT2D eigenvalue weighted by atomic mass is 10.0. The van der Waals surface area contributed by atoms with Crippen LogP contribution >= 0.6 is 11.6 Å². The van der Waals surface area contributed by atoms with E-state index in [9.17, 15) is 18.4 Å². The summed E-state index contributed by atoms with van der Waals surface area (Å²) in [5, 5.41) is 3.08. The Hall–Kier alpha value is -2.71. The first-order chi connectivity index (χ1) is 15.8. The third kappa shape index (κ3) is 6.42. The zero-order chi connectivity index (χ0) is 24.0. The molecule has 1 N–H and O–H groups in total. The van der Waals surface area contributed by atoms with Crippen LogP contribution in [0.1, 0.15) is 24.2 Å². The number of ether oxygens (including phenoxy) is 1. The Bertz CT molecular complexity index is 961. The van der Waals surface area contributed by atoms with Gasteiger partial charge in [0.25, 0.3) is 5.91 Å². The second-order valence-electron chi connectivity index (χ2n) is 8.24. The summed E-state index contributed by atoms with van der Waals surface area (Å²) in [5.41, 5.74) is -0.681. The summed E-state index contributed by atoms with van der Waals surface area (Å²) < 4.78 is 33.7. The summed E-state index contributed by atoms with van der Waals surface area (Å²) >= 11 is 6.09. The zero-order valence-electron chi connectivity index (χ0n) is 18.7. The average molecular weight is 480 g/mol. The number of halogens is 3. The van der Waals surface area contributed by atoms with E-state index in [0.717, 1.165) is 12.1 Å². The lowest BCUT2D eigenvalue weighted by molar-refractivity contribution is -0.136. The second-order valence-corrected chi connectivity index (χ2v) is 8.64. The highest BCUT2D eigenvalue weighted by molar-refractivity contribution is 6.32. The highest BCUT2D eigenvalue weighted by Crippen LogP contribution is 2.23. The van der Waals surface area contributed by atoms with E-state index in [1.165, 1.54) is 6.07 Å². The summed E-state index contributed by atoms with van der Waals surface area (Å²) in [6, 6.07) is 9.61. The second kappa shape index (κ2) is 11.4. The average Bonchev–Trinajstić information content (AvgIpc) is 2.78. The number of piperazine rings is 1. The molecule has 0 radical (unpaired) electrons. The van der Waals surface area contributed by atoms with Gasteiger partial charge < -0.3 is 15.0 Å². The van der Waals surface area contributed by atoms with Crippen molar-refractivity contribution in [3.05, 3.63) is 64.7 Å². The van der Waals surface area contributed by atoms with Crippen LogP contribution in [0, 0.1) is 17.6 Å². The van der Waals surface area contributed by atoms with Crippen molar-refractivity contribution in [1.29, 1.82) is 0 Å². The number of para-hydroxylation sites is 1. The van der Waals surface area contributed by atoms with Crippen LogP contribution in [0.3, 0.4) is 0 Å². The van der Waals surface area contributed by atoms with Gasteiger partial charge in [-0.05, 0) is 30.2 Å². The molecule has 0 aromatic heterocycles. The van der Waals surface area contributed by atoms with Crippen molar-refractivity contribution in [3.63, 3.8) is 0 Å². The van der Waals surface area contributed by atoms with Crippen molar-refractivity contribution in [3.8, 4) is 5.75 Å². The number of amides is 2. The van der Waals surface area contributed by atoms with Gasteiger partial charge in [0.15, 0.2) is 0 Å². The van der Waals surface area contributed by atoms with E-state index >= 15 is 0 Å². The molecule has 1 saturated heterocycles. The first kappa shape index (κ1) is 24.9. The third-order valence-electron chi connectivity index (χ3n) is 5.59. The van der Waals surface area contributed by atoms with Crippen LogP contribution in [0.5, 0.6) is 5.75 Å². The minimum Gasteiger partial charge on any atom is -0.491 e. The van der Waals surface area contributed by atoms with Crippen LogP contribution in [-0.4, -0.2) is 67.0 Å². The highest BCUT2D eigenvalue weighted by Gasteiger charge is 2.32. The third-order valence-corrected chi connectivity index (χ3v) is 5.91. The van der Waals surface area contributed by atoms with Crippen molar-refractivity contribution in [2.24, 2.45) is 5.92 Å². The number of rotatable bonds is 8. The predicted molar refractivity (Wildman–Crippen MR) is 122 cm³/mol. The van der Waals surface area contributed by atoms with Gasteiger partial charge in [-0.2, -0.15) is 0 Å². The topological polar surface area (TPSA) is 61.9 Å². The van der Waals surface area contributed by atoms with E-state index in [1.807, 2.05) is 18.2 Å². The number of hydrogen-bond acceptors (Lipinski definition) is 4. The van der Waals surface area contributed by atoms with Crippen molar-refractivity contribution < 1.29 is 23.1 Å². The SMILES string of the molecule is CC(C)[C@H](NC(=O)c1c(F)cccc1F)C(=O)N1CCN(CCOc2ccccc2Cl)CC1. The standard InChI is InChI=1S/C24H28ClF2N3O3/c1-16(2)22(28-23(31)21-18(26)7-5-8-19(21)27)24(32)30-12-10-29(11-13-30)14-15-33-20-9-4-3-6-17(20)25/h3-9,16,22H,10-15H2,1-2H3,(H,28,31)/t22-/m0/s1. The molecule has 1 fully saturated rings. The molecular formula is C24H28ClF2N3O3. The molecule has 1 heterocycles. The normalized spacial score (nSPS) is 15.4. The Labute approximate surface area is 197 Å². The fourth-order valence-electron chi connectivity index (χ4n) is 3.68. The van der Waals surface area contributed by atoms with Gasteiger partial charge in [-0.3, -0.25) is 14.5 Å². The van der Waals surface area contributed by atoms with E-state index in [0.29, 0.717) is 50.1 Å². The Morgan fingerprint density at radius 1 is 1.03 bits per heavy atom. The fraction of sp³-hybridized carbons (Fsp3) is 0.417. The van der Waals surface area contributed by atoms with Crippen LogP contribution in [0.2, 0.25) is 5.02 Å². The van der Waals surface area contributed by atoms with Gasteiger partial charge in [0.1, 0.15) is 35.6 Å². The van der Waals surface area contributed by atoms with Crippen molar-refractivity contribution in [2.45, 2.75) is 19.9 Å². The monoisotopic (exact) mass is 479 g/mol. The molecule has 0 unspecified atom stereocenters. The lowest BCUT2D eigenvalue weighted by Gasteiger charge is -2.37.